The molecule has 0 aliphatic rings. The van der Waals surface area contributed by atoms with Crippen molar-refractivity contribution in [2.24, 2.45) is 0 Å². The van der Waals surface area contributed by atoms with Crippen molar-refractivity contribution < 1.29 is 0 Å². The van der Waals surface area contributed by atoms with E-state index in [2.05, 4.69) is 25.9 Å². The van der Waals surface area contributed by atoms with Crippen molar-refractivity contribution in [3.8, 4) is 0 Å². The van der Waals surface area contributed by atoms with Gasteiger partial charge in [0.2, 0.25) is 0 Å². The molecule has 3 heteroatoms. The van der Waals surface area contributed by atoms with E-state index in [1.54, 1.807) is 12.4 Å². The zero-order valence-corrected chi connectivity index (χ0v) is 8.17. The minimum absolute atomic E-state index is 0.926. The second-order valence-electron chi connectivity index (χ2n) is 2.59. The van der Waals surface area contributed by atoms with E-state index in [4.69, 9.17) is 0 Å². The Hall–Kier alpha value is -0.960. The standard InChI is InChI=1S/C9H7BrN2/c1-6-9(10)7-3-2-4-11-8(7)5-12-6/h2-5H,1H3. The van der Waals surface area contributed by atoms with E-state index in [0.29, 0.717) is 0 Å². The van der Waals surface area contributed by atoms with Crippen molar-refractivity contribution in [3.05, 3.63) is 34.7 Å². The Bertz CT molecular complexity index is 426. The van der Waals surface area contributed by atoms with Crippen LogP contribution in [0.4, 0.5) is 0 Å². The van der Waals surface area contributed by atoms with Crippen LogP contribution in [-0.4, -0.2) is 9.97 Å². The van der Waals surface area contributed by atoms with E-state index in [9.17, 15) is 0 Å². The quantitative estimate of drug-likeness (QED) is 0.686. The van der Waals surface area contributed by atoms with Gasteiger partial charge in [0.05, 0.1) is 17.4 Å². The summed E-state index contributed by atoms with van der Waals surface area (Å²) in [6.45, 7) is 1.97. The number of fused-ring (bicyclic) bond motifs is 1. The maximum absolute atomic E-state index is 4.20. The van der Waals surface area contributed by atoms with Crippen LogP contribution in [0.3, 0.4) is 0 Å². The van der Waals surface area contributed by atoms with Gasteiger partial charge >= 0.3 is 0 Å². The van der Waals surface area contributed by atoms with E-state index >= 15 is 0 Å². The molecule has 0 unspecified atom stereocenters. The summed E-state index contributed by atoms with van der Waals surface area (Å²) in [4.78, 5) is 8.39. The first-order valence-corrected chi connectivity index (χ1v) is 4.44. The van der Waals surface area contributed by atoms with Gasteiger partial charge in [0.15, 0.2) is 0 Å². The lowest BCUT2D eigenvalue weighted by molar-refractivity contribution is 1.19. The molecule has 0 saturated heterocycles. The normalized spacial score (nSPS) is 10.5. The molecule has 0 bridgehead atoms. The Morgan fingerprint density at radius 2 is 2.17 bits per heavy atom. The molecule has 2 heterocycles. The number of pyridine rings is 2. The molecular weight excluding hydrogens is 216 g/mol. The first kappa shape index (κ1) is 7.68. The van der Waals surface area contributed by atoms with Gasteiger partial charge in [-0.1, -0.05) is 6.07 Å². The maximum Gasteiger partial charge on any atom is 0.0896 e. The molecule has 60 valence electrons. The molecule has 0 aliphatic heterocycles. The lowest BCUT2D eigenvalue weighted by atomic mass is 10.2. The van der Waals surface area contributed by atoms with Gasteiger partial charge < -0.3 is 0 Å². The monoisotopic (exact) mass is 222 g/mol. The van der Waals surface area contributed by atoms with E-state index in [1.165, 1.54) is 0 Å². The summed E-state index contributed by atoms with van der Waals surface area (Å²) in [5.41, 5.74) is 1.92. The Labute approximate surface area is 78.8 Å². The summed E-state index contributed by atoms with van der Waals surface area (Å²) < 4.78 is 1.04. The van der Waals surface area contributed by atoms with Gasteiger partial charge in [-0.15, -0.1) is 0 Å². The van der Waals surface area contributed by atoms with Crippen LogP contribution in [0, 0.1) is 6.92 Å². The van der Waals surface area contributed by atoms with Gasteiger partial charge in [-0.25, -0.2) is 0 Å². The van der Waals surface area contributed by atoms with E-state index in [0.717, 1.165) is 21.1 Å². The Morgan fingerprint density at radius 3 is 3.00 bits per heavy atom. The molecule has 0 radical (unpaired) electrons. The van der Waals surface area contributed by atoms with Crippen molar-refractivity contribution in [3.63, 3.8) is 0 Å². The van der Waals surface area contributed by atoms with Gasteiger partial charge in [0.1, 0.15) is 0 Å². The molecule has 0 spiro atoms. The zero-order chi connectivity index (χ0) is 8.55. The molecule has 0 saturated carbocycles. The molecule has 2 nitrogen and oxygen atoms in total. The summed E-state index contributed by atoms with van der Waals surface area (Å²) in [7, 11) is 0. The lowest BCUT2D eigenvalue weighted by Crippen LogP contribution is -1.86. The third-order valence-corrected chi connectivity index (χ3v) is 2.77. The predicted molar refractivity (Wildman–Crippen MR) is 52.0 cm³/mol. The third-order valence-electron chi connectivity index (χ3n) is 1.77. The molecule has 12 heavy (non-hydrogen) atoms. The van der Waals surface area contributed by atoms with Crippen LogP contribution in [0.15, 0.2) is 29.0 Å². The van der Waals surface area contributed by atoms with Gasteiger partial charge in [-0.3, -0.25) is 9.97 Å². The SMILES string of the molecule is Cc1ncc2ncccc2c1Br. The fourth-order valence-electron chi connectivity index (χ4n) is 1.12. The molecule has 0 aromatic carbocycles. The van der Waals surface area contributed by atoms with Crippen LogP contribution >= 0.6 is 15.9 Å². The second-order valence-corrected chi connectivity index (χ2v) is 3.39. The molecule has 0 fully saturated rings. The van der Waals surface area contributed by atoms with Gasteiger partial charge in [0, 0.05) is 16.1 Å². The van der Waals surface area contributed by atoms with Crippen LogP contribution in [0.25, 0.3) is 10.9 Å². The second kappa shape index (κ2) is 2.83. The molecule has 2 aromatic heterocycles. The Morgan fingerprint density at radius 1 is 1.33 bits per heavy atom. The molecule has 0 N–H and O–H groups in total. The van der Waals surface area contributed by atoms with Gasteiger partial charge in [-0.05, 0) is 28.9 Å². The summed E-state index contributed by atoms with van der Waals surface area (Å²) in [5.74, 6) is 0. The molecule has 2 rings (SSSR count). The topological polar surface area (TPSA) is 25.8 Å². The van der Waals surface area contributed by atoms with Gasteiger partial charge in [-0.2, -0.15) is 0 Å². The van der Waals surface area contributed by atoms with Crippen LogP contribution in [0.2, 0.25) is 0 Å². The smallest absolute Gasteiger partial charge is 0.0896 e. The zero-order valence-electron chi connectivity index (χ0n) is 6.58. The number of nitrogens with zero attached hydrogens (tertiary/aromatic N) is 2. The van der Waals surface area contributed by atoms with Crippen LogP contribution in [-0.2, 0) is 0 Å². The number of halogens is 1. The fraction of sp³-hybridized carbons (Fsp3) is 0.111. The molecular formula is C9H7BrN2. The van der Waals surface area contributed by atoms with E-state index in [1.807, 2.05) is 19.1 Å². The minimum atomic E-state index is 0.926. The summed E-state index contributed by atoms with van der Waals surface area (Å²) in [5, 5.41) is 1.12. The van der Waals surface area contributed by atoms with Crippen molar-refractivity contribution in [1.82, 2.24) is 9.97 Å². The number of aryl methyl sites for hydroxylation is 1. The average Bonchev–Trinajstić information content (AvgIpc) is 2.12. The number of rotatable bonds is 0. The summed E-state index contributed by atoms with van der Waals surface area (Å²) in [6, 6.07) is 3.95. The fourth-order valence-corrected chi connectivity index (χ4v) is 1.55. The van der Waals surface area contributed by atoms with Gasteiger partial charge in [0.25, 0.3) is 0 Å². The highest BCUT2D eigenvalue weighted by Gasteiger charge is 2.01. The highest BCUT2D eigenvalue weighted by molar-refractivity contribution is 9.10. The maximum atomic E-state index is 4.20. The van der Waals surface area contributed by atoms with Crippen LogP contribution in [0.1, 0.15) is 5.69 Å². The van der Waals surface area contributed by atoms with E-state index in [-0.39, 0.29) is 0 Å². The van der Waals surface area contributed by atoms with E-state index < -0.39 is 0 Å². The largest absolute Gasteiger partial charge is 0.258 e. The summed E-state index contributed by atoms with van der Waals surface area (Å²) >= 11 is 3.48. The highest BCUT2D eigenvalue weighted by Crippen LogP contribution is 2.23. The van der Waals surface area contributed by atoms with Crippen LogP contribution < -0.4 is 0 Å². The molecule has 0 amide bonds. The Kier molecular flexibility index (Phi) is 1.81. The molecule has 0 atom stereocenters. The average molecular weight is 223 g/mol. The van der Waals surface area contributed by atoms with Crippen molar-refractivity contribution >= 4 is 26.8 Å². The van der Waals surface area contributed by atoms with Crippen molar-refractivity contribution in [2.75, 3.05) is 0 Å². The van der Waals surface area contributed by atoms with Crippen molar-refractivity contribution in [1.29, 1.82) is 0 Å². The first-order valence-electron chi connectivity index (χ1n) is 3.65. The third kappa shape index (κ3) is 1.10. The number of aromatic nitrogens is 2. The van der Waals surface area contributed by atoms with Crippen molar-refractivity contribution in [2.45, 2.75) is 6.92 Å². The Balaban J connectivity index is 2.91. The number of hydrogen-bond donors (Lipinski definition) is 0. The molecule has 2 aromatic rings. The first-order chi connectivity index (χ1) is 5.79. The summed E-state index contributed by atoms with van der Waals surface area (Å²) in [6.07, 6.45) is 3.56. The van der Waals surface area contributed by atoms with Crippen LogP contribution in [0.5, 0.6) is 0 Å². The lowest BCUT2D eigenvalue weighted by Gasteiger charge is -2.00. The highest BCUT2D eigenvalue weighted by atomic mass is 79.9. The predicted octanol–water partition coefficient (Wildman–Crippen LogP) is 2.70. The minimum Gasteiger partial charge on any atom is -0.258 e. The molecule has 0 aliphatic carbocycles. The number of hydrogen-bond acceptors (Lipinski definition) is 2.